The number of benzene rings is 1. The molecule has 7 rings (SSSR count). The molecule has 8 heteroatoms. The van der Waals surface area contributed by atoms with Crippen LogP contribution in [0.15, 0.2) is 36.8 Å². The number of aryl methyl sites for hydroxylation is 1. The van der Waals surface area contributed by atoms with Crippen LogP contribution < -0.4 is 5.73 Å². The van der Waals surface area contributed by atoms with E-state index in [1.165, 1.54) is 44.1 Å². The van der Waals surface area contributed by atoms with E-state index in [-0.39, 0.29) is 17.6 Å². The molecule has 0 bridgehead atoms. The highest BCUT2D eigenvalue weighted by molar-refractivity contribution is 5.86. The van der Waals surface area contributed by atoms with Crippen LogP contribution in [-0.4, -0.2) is 59.2 Å². The van der Waals surface area contributed by atoms with Crippen molar-refractivity contribution >= 4 is 27.9 Å². The molecule has 3 aliphatic carbocycles. The smallest absolute Gasteiger partial charge is 0.145 e. The maximum Gasteiger partial charge on any atom is 0.145 e. The molecule has 0 amide bonds. The van der Waals surface area contributed by atoms with Gasteiger partial charge in [-0.1, -0.05) is 33.3 Å². The zero-order chi connectivity index (χ0) is 28.3. The molecule has 4 aromatic rings. The van der Waals surface area contributed by atoms with Gasteiger partial charge in [0, 0.05) is 37.3 Å². The van der Waals surface area contributed by atoms with E-state index in [0.717, 1.165) is 59.6 Å². The number of nitrogens with one attached hydrogen (secondary N) is 1. The van der Waals surface area contributed by atoms with Gasteiger partial charge in [0.05, 0.1) is 22.5 Å². The van der Waals surface area contributed by atoms with Gasteiger partial charge in [-0.05, 0) is 86.0 Å². The summed E-state index contributed by atoms with van der Waals surface area (Å²) in [7, 11) is 0. The fraction of sp³-hybridized carbons (Fsp3) is 0.606. The highest BCUT2D eigenvalue weighted by Crippen LogP contribution is 2.43. The van der Waals surface area contributed by atoms with Crippen LogP contribution in [0.25, 0.3) is 22.1 Å². The second-order valence-electron chi connectivity index (χ2n) is 14.1. The third kappa shape index (κ3) is 5.14. The predicted octanol–water partition coefficient (Wildman–Crippen LogP) is 5.77. The Balaban J connectivity index is 0.960. The molecule has 8 nitrogen and oxygen atoms in total. The first kappa shape index (κ1) is 26.9. The molecule has 3 heterocycles. The van der Waals surface area contributed by atoms with Crippen LogP contribution in [0.2, 0.25) is 0 Å². The Bertz CT molecular complexity index is 1520. The number of hydrogen-bond acceptors (Lipinski definition) is 6. The van der Waals surface area contributed by atoms with Gasteiger partial charge >= 0.3 is 0 Å². The summed E-state index contributed by atoms with van der Waals surface area (Å²) in [5, 5.41) is 12.1. The minimum atomic E-state index is -0.276. The third-order valence-electron chi connectivity index (χ3n) is 10.4. The first-order chi connectivity index (χ1) is 19.7. The summed E-state index contributed by atoms with van der Waals surface area (Å²) in [6.07, 6.45) is 13.8. The van der Waals surface area contributed by atoms with E-state index in [9.17, 15) is 5.11 Å². The molecule has 3 fully saturated rings. The molecule has 4 N–H and O–H groups in total. The monoisotopic (exact) mass is 555 g/mol. The van der Waals surface area contributed by atoms with Crippen molar-refractivity contribution in [1.29, 1.82) is 0 Å². The summed E-state index contributed by atoms with van der Waals surface area (Å²) in [6, 6.07) is 10.3. The number of hydrogen-bond donors (Lipinski definition) is 3. The number of nitrogen functional groups attached to an aromatic ring is 1. The molecule has 3 saturated carbocycles. The van der Waals surface area contributed by atoms with Crippen molar-refractivity contribution in [2.75, 3.05) is 12.3 Å². The number of fused-ring (bicyclic) bond motifs is 2. The molecular weight excluding hydrogens is 510 g/mol. The van der Waals surface area contributed by atoms with Crippen LogP contribution in [0.4, 0.5) is 5.82 Å². The van der Waals surface area contributed by atoms with Gasteiger partial charge in [0.25, 0.3) is 0 Å². The van der Waals surface area contributed by atoms with E-state index in [2.05, 4.69) is 69.6 Å². The molecule has 0 spiro atoms. The van der Waals surface area contributed by atoms with E-state index in [0.29, 0.717) is 23.8 Å². The topological polar surface area (TPSA) is 109 Å². The number of nitrogens with zero attached hydrogens (tertiary/aromatic N) is 5. The van der Waals surface area contributed by atoms with Crippen molar-refractivity contribution in [3.63, 3.8) is 0 Å². The summed E-state index contributed by atoms with van der Waals surface area (Å²) >= 11 is 0. The van der Waals surface area contributed by atoms with Gasteiger partial charge in [-0.25, -0.2) is 15.0 Å². The van der Waals surface area contributed by atoms with Gasteiger partial charge < -0.3 is 20.4 Å². The normalized spacial score (nSPS) is 27.1. The van der Waals surface area contributed by atoms with Crippen LogP contribution in [0.1, 0.15) is 89.6 Å². The van der Waals surface area contributed by atoms with Gasteiger partial charge in [0.2, 0.25) is 0 Å². The predicted molar refractivity (Wildman–Crippen MR) is 164 cm³/mol. The van der Waals surface area contributed by atoms with Gasteiger partial charge in [0.15, 0.2) is 0 Å². The molecule has 218 valence electrons. The number of rotatable bonds is 8. The summed E-state index contributed by atoms with van der Waals surface area (Å²) < 4.78 is 2.21. The third-order valence-corrected chi connectivity index (χ3v) is 10.4. The van der Waals surface area contributed by atoms with Crippen molar-refractivity contribution < 1.29 is 5.11 Å². The van der Waals surface area contributed by atoms with E-state index in [1.807, 2.05) is 6.07 Å². The lowest BCUT2D eigenvalue weighted by Gasteiger charge is -2.50. The lowest BCUT2D eigenvalue weighted by Crippen LogP contribution is -2.54. The van der Waals surface area contributed by atoms with Crippen molar-refractivity contribution in [2.45, 2.75) is 108 Å². The van der Waals surface area contributed by atoms with Gasteiger partial charge in [-0.2, -0.15) is 0 Å². The Morgan fingerprint density at radius 3 is 2.66 bits per heavy atom. The minimum absolute atomic E-state index is 0.141. The van der Waals surface area contributed by atoms with Crippen LogP contribution in [-0.2, 0) is 11.8 Å². The van der Waals surface area contributed by atoms with Gasteiger partial charge in [0.1, 0.15) is 23.6 Å². The Labute approximate surface area is 242 Å². The number of aromatic amines is 1. The Morgan fingerprint density at radius 1 is 1.07 bits per heavy atom. The lowest BCUT2D eigenvalue weighted by molar-refractivity contribution is -0.0149. The number of H-pyrrole nitrogens is 1. The fourth-order valence-electron chi connectivity index (χ4n) is 7.56. The molecule has 3 atom stereocenters. The molecular formula is C33H45N7O. The van der Waals surface area contributed by atoms with Crippen molar-refractivity contribution in [2.24, 2.45) is 11.8 Å². The molecule has 0 aliphatic heterocycles. The standard InChI is InChI=1S/C33H45N7O/c1-33(2,3)22-8-9-27-28(16-22)38-30(37-27)10-7-20-13-24(14-20)40(23-5-4-6-23)18-21-15-25(17-29(21)41)39-12-11-26-31(34)35-19-36-32(26)39/h8-9,11-12,16,19-21,23-25,29,41H,4-7,10,13-15,17-18H2,1-3H3,(H,37,38)(H2,34,35,36)/t20?,21-,24?,25-,29+/m1/s1. The maximum absolute atomic E-state index is 11.2. The Kier molecular flexibility index (Phi) is 6.81. The number of anilines is 1. The fourth-order valence-corrected chi connectivity index (χ4v) is 7.56. The van der Waals surface area contributed by atoms with Crippen LogP contribution in [0.5, 0.6) is 0 Å². The average molecular weight is 556 g/mol. The molecule has 3 aromatic heterocycles. The summed E-state index contributed by atoms with van der Waals surface area (Å²) in [5.41, 5.74) is 10.7. The van der Waals surface area contributed by atoms with Crippen LogP contribution in [0, 0.1) is 11.8 Å². The summed E-state index contributed by atoms with van der Waals surface area (Å²) in [4.78, 5) is 19.9. The first-order valence-corrected chi connectivity index (χ1v) is 15.7. The number of aliphatic hydroxyl groups is 1. The lowest BCUT2D eigenvalue weighted by atomic mass is 9.74. The Hall–Kier alpha value is -2.97. The highest BCUT2D eigenvalue weighted by Gasteiger charge is 2.42. The van der Waals surface area contributed by atoms with Gasteiger partial charge in [-0.15, -0.1) is 0 Å². The van der Waals surface area contributed by atoms with Crippen molar-refractivity contribution in [3.8, 4) is 0 Å². The largest absolute Gasteiger partial charge is 0.393 e. The van der Waals surface area contributed by atoms with Gasteiger partial charge in [-0.3, -0.25) is 4.90 Å². The first-order valence-electron chi connectivity index (χ1n) is 15.7. The molecule has 3 aliphatic rings. The number of aliphatic hydroxyl groups excluding tert-OH is 1. The maximum atomic E-state index is 11.2. The Morgan fingerprint density at radius 2 is 1.90 bits per heavy atom. The number of imidazole rings is 1. The SMILES string of the molecule is CC(C)(C)c1ccc2nc(CCC3CC(N(C[C@H]4C[C@@H](n5ccc6c(N)ncnc65)C[C@@H]4O)C4CCC4)C3)[nH]c2c1. The molecule has 0 radical (unpaired) electrons. The highest BCUT2D eigenvalue weighted by atomic mass is 16.3. The van der Waals surface area contributed by atoms with Crippen molar-refractivity contribution in [3.05, 3.63) is 48.2 Å². The zero-order valence-corrected chi connectivity index (χ0v) is 24.8. The molecule has 0 saturated heterocycles. The second-order valence-corrected chi connectivity index (χ2v) is 14.1. The van der Waals surface area contributed by atoms with Crippen molar-refractivity contribution in [1.82, 2.24) is 29.4 Å². The molecule has 0 unspecified atom stereocenters. The minimum Gasteiger partial charge on any atom is -0.393 e. The molecule has 1 aromatic carbocycles. The van der Waals surface area contributed by atoms with Crippen LogP contribution >= 0.6 is 0 Å². The number of nitrogens with two attached hydrogens (primary N) is 1. The zero-order valence-electron chi connectivity index (χ0n) is 24.8. The van der Waals surface area contributed by atoms with E-state index in [1.54, 1.807) is 6.33 Å². The van der Waals surface area contributed by atoms with E-state index < -0.39 is 0 Å². The summed E-state index contributed by atoms with van der Waals surface area (Å²) in [6.45, 7) is 7.78. The van der Waals surface area contributed by atoms with E-state index in [4.69, 9.17) is 10.7 Å². The summed E-state index contributed by atoms with van der Waals surface area (Å²) in [5.74, 6) is 2.70. The molecule has 41 heavy (non-hydrogen) atoms. The van der Waals surface area contributed by atoms with E-state index >= 15 is 0 Å². The number of aromatic nitrogens is 5. The van der Waals surface area contributed by atoms with Crippen LogP contribution in [0.3, 0.4) is 0 Å². The second kappa shape index (κ2) is 10.4. The average Bonchev–Trinajstić information content (AvgIpc) is 3.58. The quantitative estimate of drug-likeness (QED) is 0.255.